The van der Waals surface area contributed by atoms with Gasteiger partial charge in [0.25, 0.3) is 5.91 Å². The molecule has 0 saturated carbocycles. The van der Waals surface area contributed by atoms with E-state index in [-0.39, 0.29) is 11.8 Å². The number of anilines is 1. The SMILES string of the molecule is Cc1nc(COc2cccc(C(=O)N3CSCC3C(=O)Nc3ccc(C)c(C)c3)c2)cs1. The number of carbonyl (C=O) groups excluding carboxylic acids is 2. The first-order valence-corrected chi connectivity index (χ1v) is 12.3. The summed E-state index contributed by atoms with van der Waals surface area (Å²) in [4.78, 5) is 32.2. The molecule has 1 N–H and O–H groups in total. The predicted octanol–water partition coefficient (Wildman–Crippen LogP) is 4.80. The lowest BCUT2D eigenvalue weighted by molar-refractivity contribution is -0.119. The van der Waals surface area contributed by atoms with Gasteiger partial charge in [-0.3, -0.25) is 9.59 Å². The number of thiazole rings is 1. The number of nitrogens with one attached hydrogen (secondary N) is 1. The largest absolute Gasteiger partial charge is 0.487 e. The summed E-state index contributed by atoms with van der Waals surface area (Å²) in [5.41, 5.74) is 4.39. The molecular formula is C24H25N3O3S2. The van der Waals surface area contributed by atoms with E-state index in [2.05, 4.69) is 10.3 Å². The summed E-state index contributed by atoms with van der Waals surface area (Å²) in [6.07, 6.45) is 0. The number of thioether (sulfide) groups is 1. The molecule has 8 heteroatoms. The number of hydrogen-bond acceptors (Lipinski definition) is 6. The van der Waals surface area contributed by atoms with Crippen molar-refractivity contribution >= 4 is 40.6 Å². The summed E-state index contributed by atoms with van der Waals surface area (Å²) in [7, 11) is 0. The van der Waals surface area contributed by atoms with Crippen LogP contribution in [0.3, 0.4) is 0 Å². The van der Waals surface area contributed by atoms with Gasteiger partial charge in [0.2, 0.25) is 5.91 Å². The van der Waals surface area contributed by atoms with Crippen molar-refractivity contribution in [3.05, 3.63) is 75.2 Å². The summed E-state index contributed by atoms with van der Waals surface area (Å²) in [5, 5.41) is 5.92. The quantitative estimate of drug-likeness (QED) is 0.564. The summed E-state index contributed by atoms with van der Waals surface area (Å²) < 4.78 is 5.82. The Kier molecular flexibility index (Phi) is 6.81. The van der Waals surface area contributed by atoms with Gasteiger partial charge in [0.15, 0.2) is 0 Å². The van der Waals surface area contributed by atoms with Crippen molar-refractivity contribution in [1.82, 2.24) is 9.88 Å². The Labute approximate surface area is 196 Å². The highest BCUT2D eigenvalue weighted by Gasteiger charge is 2.35. The van der Waals surface area contributed by atoms with Crippen LogP contribution in [0.2, 0.25) is 0 Å². The first-order chi connectivity index (χ1) is 15.4. The molecule has 1 unspecified atom stereocenters. The van der Waals surface area contributed by atoms with E-state index in [0.717, 1.165) is 22.0 Å². The lowest BCUT2D eigenvalue weighted by Gasteiger charge is -2.23. The van der Waals surface area contributed by atoms with Crippen molar-refractivity contribution < 1.29 is 14.3 Å². The molecule has 3 aromatic rings. The Morgan fingerprint density at radius 2 is 2.00 bits per heavy atom. The van der Waals surface area contributed by atoms with Crippen LogP contribution in [0.25, 0.3) is 0 Å². The van der Waals surface area contributed by atoms with Crippen molar-refractivity contribution in [2.24, 2.45) is 0 Å². The first-order valence-electron chi connectivity index (χ1n) is 10.3. The van der Waals surface area contributed by atoms with Gasteiger partial charge >= 0.3 is 0 Å². The van der Waals surface area contributed by atoms with Crippen LogP contribution in [-0.4, -0.2) is 39.4 Å². The molecule has 32 heavy (non-hydrogen) atoms. The molecule has 1 aliphatic rings. The third-order valence-corrected chi connectivity index (χ3v) is 7.19. The van der Waals surface area contributed by atoms with Gasteiger partial charge in [-0.05, 0) is 62.2 Å². The molecule has 2 amide bonds. The molecule has 1 aliphatic heterocycles. The van der Waals surface area contributed by atoms with E-state index in [1.807, 2.05) is 50.4 Å². The molecule has 1 aromatic heterocycles. The minimum atomic E-state index is -0.517. The molecule has 0 aliphatic carbocycles. The van der Waals surface area contributed by atoms with Gasteiger partial charge in [-0.25, -0.2) is 4.98 Å². The maximum Gasteiger partial charge on any atom is 0.255 e. The van der Waals surface area contributed by atoms with Gasteiger partial charge in [0.05, 0.1) is 16.6 Å². The number of amides is 2. The zero-order valence-electron chi connectivity index (χ0n) is 18.3. The highest BCUT2D eigenvalue weighted by atomic mass is 32.2. The summed E-state index contributed by atoms with van der Waals surface area (Å²) in [5.74, 6) is 1.31. The number of aromatic nitrogens is 1. The minimum absolute atomic E-state index is 0.169. The average Bonchev–Trinajstić information content (AvgIpc) is 3.44. The molecule has 6 nitrogen and oxygen atoms in total. The second kappa shape index (κ2) is 9.75. The number of hydrogen-bond donors (Lipinski definition) is 1. The van der Waals surface area contributed by atoms with Gasteiger partial charge < -0.3 is 15.0 Å². The predicted molar refractivity (Wildman–Crippen MR) is 129 cm³/mol. The minimum Gasteiger partial charge on any atom is -0.487 e. The van der Waals surface area contributed by atoms with Crippen LogP contribution in [0.15, 0.2) is 47.8 Å². The fourth-order valence-electron chi connectivity index (χ4n) is 3.42. The first kappa shape index (κ1) is 22.4. The van der Waals surface area contributed by atoms with E-state index < -0.39 is 6.04 Å². The second-order valence-corrected chi connectivity index (χ2v) is 9.82. The molecule has 0 radical (unpaired) electrons. The Bertz CT molecular complexity index is 1150. The maximum absolute atomic E-state index is 13.2. The van der Waals surface area contributed by atoms with E-state index in [4.69, 9.17) is 4.74 Å². The van der Waals surface area contributed by atoms with E-state index >= 15 is 0 Å². The van der Waals surface area contributed by atoms with Crippen LogP contribution in [0.1, 0.15) is 32.2 Å². The number of nitrogens with zero attached hydrogens (tertiary/aromatic N) is 2. The van der Waals surface area contributed by atoms with E-state index in [1.54, 1.807) is 46.2 Å². The topological polar surface area (TPSA) is 71.5 Å². The Morgan fingerprint density at radius 3 is 2.75 bits per heavy atom. The maximum atomic E-state index is 13.2. The average molecular weight is 468 g/mol. The third-order valence-electron chi connectivity index (χ3n) is 5.35. The lowest BCUT2D eigenvalue weighted by atomic mass is 10.1. The molecular weight excluding hydrogens is 442 g/mol. The van der Waals surface area contributed by atoms with Gasteiger partial charge in [0.1, 0.15) is 18.4 Å². The zero-order valence-corrected chi connectivity index (χ0v) is 19.9. The van der Waals surface area contributed by atoms with Gasteiger partial charge in [0, 0.05) is 22.4 Å². The number of rotatable bonds is 6. The molecule has 1 atom stereocenters. The van der Waals surface area contributed by atoms with Crippen molar-refractivity contribution in [2.45, 2.75) is 33.4 Å². The monoisotopic (exact) mass is 467 g/mol. The van der Waals surface area contributed by atoms with Crippen molar-refractivity contribution in [3.63, 3.8) is 0 Å². The molecule has 0 spiro atoms. The summed E-state index contributed by atoms with van der Waals surface area (Å²) >= 11 is 3.15. The van der Waals surface area contributed by atoms with Crippen LogP contribution < -0.4 is 10.1 Å². The summed E-state index contributed by atoms with van der Waals surface area (Å²) in [6.45, 7) is 6.35. The number of aryl methyl sites for hydroxylation is 3. The molecule has 0 bridgehead atoms. The molecule has 4 rings (SSSR count). The van der Waals surface area contributed by atoms with Crippen LogP contribution >= 0.6 is 23.1 Å². The van der Waals surface area contributed by atoms with Crippen LogP contribution in [0, 0.1) is 20.8 Å². The van der Waals surface area contributed by atoms with Crippen molar-refractivity contribution in [3.8, 4) is 5.75 Å². The van der Waals surface area contributed by atoms with Gasteiger partial charge in [-0.15, -0.1) is 23.1 Å². The zero-order chi connectivity index (χ0) is 22.7. The Morgan fingerprint density at radius 1 is 1.16 bits per heavy atom. The smallest absolute Gasteiger partial charge is 0.255 e. The molecule has 1 fully saturated rings. The van der Waals surface area contributed by atoms with Crippen LogP contribution in [0.5, 0.6) is 5.75 Å². The molecule has 166 valence electrons. The molecule has 1 saturated heterocycles. The summed E-state index contributed by atoms with van der Waals surface area (Å²) in [6, 6.07) is 12.4. The van der Waals surface area contributed by atoms with Gasteiger partial charge in [-0.1, -0.05) is 12.1 Å². The highest BCUT2D eigenvalue weighted by Crippen LogP contribution is 2.26. The van der Waals surface area contributed by atoms with E-state index in [0.29, 0.717) is 29.5 Å². The third kappa shape index (κ3) is 5.14. The Balaban J connectivity index is 1.43. The van der Waals surface area contributed by atoms with E-state index in [1.165, 1.54) is 5.56 Å². The normalized spacial score (nSPS) is 15.6. The molecule has 2 aromatic carbocycles. The Hall–Kier alpha value is -2.84. The second-order valence-electron chi connectivity index (χ2n) is 7.75. The van der Waals surface area contributed by atoms with E-state index in [9.17, 15) is 9.59 Å². The standard InChI is InChI=1S/C24H25N3O3S2/c1-15-7-8-19(9-16(15)2)26-23(28)22-13-31-14-27(22)24(29)18-5-4-6-21(10-18)30-11-20-12-32-17(3)25-20/h4-10,12,22H,11,13-14H2,1-3H3,(H,26,28). The number of benzene rings is 2. The fourth-order valence-corrected chi connectivity index (χ4v) is 5.17. The van der Waals surface area contributed by atoms with Crippen molar-refractivity contribution in [2.75, 3.05) is 16.9 Å². The number of ether oxygens (including phenoxy) is 1. The van der Waals surface area contributed by atoms with Crippen LogP contribution in [-0.2, 0) is 11.4 Å². The van der Waals surface area contributed by atoms with Gasteiger partial charge in [-0.2, -0.15) is 0 Å². The van der Waals surface area contributed by atoms with Crippen molar-refractivity contribution in [1.29, 1.82) is 0 Å². The molecule has 2 heterocycles. The van der Waals surface area contributed by atoms with Crippen LogP contribution in [0.4, 0.5) is 5.69 Å². The number of carbonyl (C=O) groups is 2. The fraction of sp³-hybridized carbons (Fsp3) is 0.292. The lowest BCUT2D eigenvalue weighted by Crippen LogP contribution is -2.44. The highest BCUT2D eigenvalue weighted by molar-refractivity contribution is 7.99.